The molecule has 0 radical (unpaired) electrons. The largest absolute Gasteiger partial charge is 0.492 e. The lowest BCUT2D eigenvalue weighted by Crippen LogP contribution is -2.38. The van der Waals surface area contributed by atoms with Crippen molar-refractivity contribution in [3.8, 4) is 5.75 Å². The van der Waals surface area contributed by atoms with E-state index in [2.05, 4.69) is 36.9 Å². The van der Waals surface area contributed by atoms with E-state index in [0.717, 1.165) is 45.2 Å². The summed E-state index contributed by atoms with van der Waals surface area (Å²) in [5.41, 5.74) is 2.43. The van der Waals surface area contributed by atoms with Crippen molar-refractivity contribution in [2.24, 2.45) is 0 Å². The van der Waals surface area contributed by atoms with Gasteiger partial charge in [-0.3, -0.25) is 4.90 Å². The molecule has 7 nitrogen and oxygen atoms in total. The second kappa shape index (κ2) is 9.81. The molecule has 0 bridgehead atoms. The van der Waals surface area contributed by atoms with Crippen molar-refractivity contribution in [1.29, 1.82) is 0 Å². The molecule has 0 saturated carbocycles. The second-order valence-corrected chi connectivity index (χ2v) is 5.13. The van der Waals surface area contributed by atoms with Crippen molar-refractivity contribution in [3.05, 3.63) is 29.3 Å². The quantitative estimate of drug-likeness (QED) is 0.802. The van der Waals surface area contributed by atoms with Crippen molar-refractivity contribution in [1.82, 2.24) is 4.90 Å². The summed E-state index contributed by atoms with van der Waals surface area (Å²) < 4.78 is 11.2. The molecule has 2 N–H and O–H groups in total. The molecule has 1 fully saturated rings. The Morgan fingerprint density at radius 3 is 2.13 bits per heavy atom. The number of carboxylic acid groups (broad SMARTS) is 2. The van der Waals surface area contributed by atoms with E-state index in [4.69, 9.17) is 29.3 Å². The Balaban J connectivity index is 0.000000379. The standard InChI is InChI=1S/C14H21NO2.C2H2O4/c1-12-4-3-5-13(2)14(12)17-11-8-15-6-9-16-10-7-15;3-1(4)2(5)6/h3-5H,6-11H2,1-2H3;(H,3,4)(H,5,6). The van der Waals surface area contributed by atoms with Gasteiger partial charge in [0.1, 0.15) is 12.4 Å². The van der Waals surface area contributed by atoms with Crippen LogP contribution in [-0.2, 0) is 14.3 Å². The molecule has 1 aliphatic heterocycles. The van der Waals surface area contributed by atoms with Crippen LogP contribution in [-0.4, -0.2) is 66.5 Å². The van der Waals surface area contributed by atoms with Gasteiger partial charge in [-0.05, 0) is 25.0 Å². The predicted molar refractivity (Wildman–Crippen MR) is 83.9 cm³/mol. The third-order valence-corrected chi connectivity index (χ3v) is 3.35. The van der Waals surface area contributed by atoms with Gasteiger partial charge in [0.05, 0.1) is 13.2 Å². The van der Waals surface area contributed by atoms with Crippen LogP contribution in [0.4, 0.5) is 0 Å². The van der Waals surface area contributed by atoms with Gasteiger partial charge in [-0.2, -0.15) is 0 Å². The molecule has 1 aromatic rings. The summed E-state index contributed by atoms with van der Waals surface area (Å²) in [5.74, 6) is -2.61. The van der Waals surface area contributed by atoms with Gasteiger partial charge >= 0.3 is 11.9 Å². The number of hydrogen-bond acceptors (Lipinski definition) is 5. The number of ether oxygens (including phenoxy) is 2. The van der Waals surface area contributed by atoms with Gasteiger partial charge in [0, 0.05) is 19.6 Å². The van der Waals surface area contributed by atoms with Gasteiger partial charge in [-0.25, -0.2) is 9.59 Å². The highest BCUT2D eigenvalue weighted by molar-refractivity contribution is 6.27. The van der Waals surface area contributed by atoms with E-state index in [1.54, 1.807) is 0 Å². The normalized spacial score (nSPS) is 14.5. The molecule has 0 amide bonds. The molecule has 1 saturated heterocycles. The lowest BCUT2D eigenvalue weighted by molar-refractivity contribution is -0.159. The molecule has 0 aliphatic carbocycles. The lowest BCUT2D eigenvalue weighted by Gasteiger charge is -2.26. The maximum absolute atomic E-state index is 9.10. The number of aliphatic carboxylic acids is 2. The van der Waals surface area contributed by atoms with Gasteiger partial charge in [0.15, 0.2) is 0 Å². The number of nitrogens with zero attached hydrogens (tertiary/aromatic N) is 1. The Hall–Kier alpha value is -2.12. The Kier molecular flexibility index (Phi) is 8.07. The van der Waals surface area contributed by atoms with Gasteiger partial charge in [0.2, 0.25) is 0 Å². The van der Waals surface area contributed by atoms with Crippen LogP contribution in [0.5, 0.6) is 5.75 Å². The topological polar surface area (TPSA) is 96.3 Å². The Labute approximate surface area is 135 Å². The fourth-order valence-corrected chi connectivity index (χ4v) is 2.13. The molecular formula is C16H23NO6. The summed E-state index contributed by atoms with van der Waals surface area (Å²) in [6, 6.07) is 6.26. The third-order valence-electron chi connectivity index (χ3n) is 3.35. The van der Waals surface area contributed by atoms with Crippen molar-refractivity contribution in [3.63, 3.8) is 0 Å². The van der Waals surface area contributed by atoms with Crippen LogP contribution >= 0.6 is 0 Å². The Morgan fingerprint density at radius 2 is 1.65 bits per heavy atom. The SMILES string of the molecule is Cc1cccc(C)c1OCCN1CCOCC1.O=C(O)C(=O)O. The summed E-state index contributed by atoms with van der Waals surface area (Å²) in [5, 5.41) is 14.8. The first kappa shape index (κ1) is 18.9. The van der Waals surface area contributed by atoms with Crippen LogP contribution in [0.1, 0.15) is 11.1 Å². The first-order chi connectivity index (χ1) is 10.9. The number of aryl methyl sites for hydroxylation is 2. The molecule has 23 heavy (non-hydrogen) atoms. The molecule has 0 aromatic heterocycles. The van der Waals surface area contributed by atoms with Crippen molar-refractivity contribution in [2.75, 3.05) is 39.5 Å². The van der Waals surface area contributed by atoms with Crippen LogP contribution in [0.25, 0.3) is 0 Å². The number of rotatable bonds is 4. The smallest absolute Gasteiger partial charge is 0.414 e. The zero-order valence-corrected chi connectivity index (χ0v) is 13.4. The lowest BCUT2D eigenvalue weighted by atomic mass is 10.1. The molecule has 0 atom stereocenters. The average molecular weight is 325 g/mol. The van der Waals surface area contributed by atoms with Crippen LogP contribution < -0.4 is 4.74 Å². The minimum atomic E-state index is -1.82. The van der Waals surface area contributed by atoms with E-state index in [-0.39, 0.29) is 0 Å². The van der Waals surface area contributed by atoms with E-state index in [9.17, 15) is 0 Å². The summed E-state index contributed by atoms with van der Waals surface area (Å²) in [4.78, 5) is 20.6. The number of benzene rings is 1. The number of carbonyl (C=O) groups is 2. The highest BCUT2D eigenvalue weighted by Crippen LogP contribution is 2.22. The van der Waals surface area contributed by atoms with Crippen LogP contribution in [0.3, 0.4) is 0 Å². The van der Waals surface area contributed by atoms with Crippen LogP contribution in [0, 0.1) is 13.8 Å². The van der Waals surface area contributed by atoms with E-state index >= 15 is 0 Å². The molecule has 2 rings (SSSR count). The Bertz CT molecular complexity index is 493. The van der Waals surface area contributed by atoms with Gasteiger partial charge in [0.25, 0.3) is 0 Å². The van der Waals surface area contributed by atoms with Gasteiger partial charge < -0.3 is 19.7 Å². The maximum atomic E-state index is 9.10. The Morgan fingerprint density at radius 1 is 1.13 bits per heavy atom. The average Bonchev–Trinajstić information content (AvgIpc) is 2.52. The zero-order chi connectivity index (χ0) is 17.2. The summed E-state index contributed by atoms with van der Waals surface area (Å²) in [7, 11) is 0. The van der Waals surface area contributed by atoms with Gasteiger partial charge in [-0.1, -0.05) is 18.2 Å². The third kappa shape index (κ3) is 7.12. The van der Waals surface area contributed by atoms with Crippen molar-refractivity contribution >= 4 is 11.9 Å². The van der Waals surface area contributed by atoms with E-state index in [1.807, 2.05) is 0 Å². The molecule has 128 valence electrons. The maximum Gasteiger partial charge on any atom is 0.414 e. The summed E-state index contributed by atoms with van der Waals surface area (Å²) >= 11 is 0. The van der Waals surface area contributed by atoms with Crippen LogP contribution in [0.2, 0.25) is 0 Å². The van der Waals surface area contributed by atoms with Crippen molar-refractivity contribution in [2.45, 2.75) is 13.8 Å². The van der Waals surface area contributed by atoms with E-state index in [1.165, 1.54) is 11.1 Å². The monoisotopic (exact) mass is 325 g/mol. The predicted octanol–water partition coefficient (Wildman–Crippen LogP) is 1.17. The van der Waals surface area contributed by atoms with Gasteiger partial charge in [-0.15, -0.1) is 0 Å². The molecule has 1 heterocycles. The minimum Gasteiger partial charge on any atom is -0.492 e. The minimum absolute atomic E-state index is 0.756. The first-order valence-corrected chi connectivity index (χ1v) is 7.37. The first-order valence-electron chi connectivity index (χ1n) is 7.37. The highest BCUT2D eigenvalue weighted by atomic mass is 16.5. The number of hydrogen-bond donors (Lipinski definition) is 2. The number of carboxylic acids is 2. The van der Waals surface area contributed by atoms with E-state index in [0.29, 0.717) is 0 Å². The molecular weight excluding hydrogens is 302 g/mol. The fraction of sp³-hybridized carbons (Fsp3) is 0.500. The molecule has 1 aliphatic rings. The molecule has 0 unspecified atom stereocenters. The zero-order valence-electron chi connectivity index (χ0n) is 13.4. The van der Waals surface area contributed by atoms with Crippen LogP contribution in [0.15, 0.2) is 18.2 Å². The number of morpholine rings is 1. The number of para-hydroxylation sites is 1. The van der Waals surface area contributed by atoms with E-state index < -0.39 is 11.9 Å². The molecule has 1 aromatic carbocycles. The summed E-state index contributed by atoms with van der Waals surface area (Å²) in [6.45, 7) is 9.68. The highest BCUT2D eigenvalue weighted by Gasteiger charge is 2.10. The molecule has 0 spiro atoms. The summed E-state index contributed by atoms with van der Waals surface area (Å²) in [6.07, 6.45) is 0. The molecule has 7 heteroatoms. The fourth-order valence-electron chi connectivity index (χ4n) is 2.13. The second-order valence-electron chi connectivity index (χ2n) is 5.13. The van der Waals surface area contributed by atoms with Crippen molar-refractivity contribution < 1.29 is 29.3 Å².